The molecular weight excluding hydrogens is 376 g/mol. The number of amides is 1. The van der Waals surface area contributed by atoms with Gasteiger partial charge in [0.05, 0.1) is 0 Å². The Morgan fingerprint density at radius 1 is 1.03 bits per heavy atom. The largest absolute Gasteiger partial charge is 0.355 e. The highest BCUT2D eigenvalue weighted by atomic mass is 16.1. The van der Waals surface area contributed by atoms with Crippen molar-refractivity contribution in [2.24, 2.45) is 5.92 Å². The Hall–Kier alpha value is -2.96. The Labute approximate surface area is 176 Å². The maximum Gasteiger partial charge on any atom is 0.227 e. The molecule has 0 atom stereocenters. The summed E-state index contributed by atoms with van der Waals surface area (Å²) in [5, 5.41) is 3.06. The van der Waals surface area contributed by atoms with Gasteiger partial charge < -0.3 is 14.8 Å². The molecule has 4 heterocycles. The quantitative estimate of drug-likeness (QED) is 0.720. The van der Waals surface area contributed by atoms with Crippen molar-refractivity contribution in [1.29, 1.82) is 0 Å². The van der Waals surface area contributed by atoms with Crippen LogP contribution >= 0.6 is 0 Å². The average molecular weight is 405 g/mol. The van der Waals surface area contributed by atoms with Crippen LogP contribution in [-0.2, 0) is 17.8 Å². The van der Waals surface area contributed by atoms with Crippen molar-refractivity contribution in [3.05, 3.63) is 42.0 Å². The average Bonchev–Trinajstić information content (AvgIpc) is 2.96. The highest BCUT2D eigenvalue weighted by Crippen LogP contribution is 2.29. The van der Waals surface area contributed by atoms with E-state index in [4.69, 9.17) is 4.98 Å². The second kappa shape index (κ2) is 8.05. The SMILES string of the molecule is Cc1ccc(NC(=O)C2CCN(c3ncnc4c3nc3n4CCCCC3)CC2)cc1. The number of aromatic nitrogens is 4. The van der Waals surface area contributed by atoms with Crippen LogP contribution in [-0.4, -0.2) is 38.5 Å². The van der Waals surface area contributed by atoms with E-state index in [-0.39, 0.29) is 11.8 Å². The fourth-order valence-corrected chi connectivity index (χ4v) is 4.59. The number of carbonyl (C=O) groups is 1. The van der Waals surface area contributed by atoms with Gasteiger partial charge in [-0.3, -0.25) is 4.79 Å². The molecule has 7 nitrogen and oxygen atoms in total. The number of hydrogen-bond acceptors (Lipinski definition) is 5. The predicted molar refractivity (Wildman–Crippen MR) is 118 cm³/mol. The number of hydrogen-bond donors (Lipinski definition) is 1. The van der Waals surface area contributed by atoms with Crippen molar-refractivity contribution in [1.82, 2.24) is 19.5 Å². The van der Waals surface area contributed by atoms with E-state index < -0.39 is 0 Å². The Morgan fingerprint density at radius 2 is 1.83 bits per heavy atom. The maximum absolute atomic E-state index is 12.7. The molecule has 7 heteroatoms. The van der Waals surface area contributed by atoms with Crippen LogP contribution in [0.3, 0.4) is 0 Å². The minimum Gasteiger partial charge on any atom is -0.355 e. The first-order valence-electron chi connectivity index (χ1n) is 11.0. The number of nitrogens with zero attached hydrogens (tertiary/aromatic N) is 5. The molecule has 30 heavy (non-hydrogen) atoms. The van der Waals surface area contributed by atoms with Gasteiger partial charge in [0.25, 0.3) is 0 Å². The molecule has 1 N–H and O–H groups in total. The van der Waals surface area contributed by atoms with Gasteiger partial charge in [-0.2, -0.15) is 0 Å². The zero-order chi connectivity index (χ0) is 20.5. The number of piperidine rings is 1. The van der Waals surface area contributed by atoms with Crippen molar-refractivity contribution in [3.8, 4) is 0 Å². The summed E-state index contributed by atoms with van der Waals surface area (Å²) in [6.07, 6.45) is 7.92. The topological polar surface area (TPSA) is 75.9 Å². The first-order valence-corrected chi connectivity index (χ1v) is 11.0. The zero-order valence-corrected chi connectivity index (χ0v) is 17.5. The molecule has 1 saturated heterocycles. The summed E-state index contributed by atoms with van der Waals surface area (Å²) in [6, 6.07) is 7.96. The molecule has 1 aromatic carbocycles. The van der Waals surface area contributed by atoms with Gasteiger partial charge in [0.2, 0.25) is 5.91 Å². The van der Waals surface area contributed by atoms with E-state index in [1.54, 1.807) is 6.33 Å². The first-order chi connectivity index (χ1) is 14.7. The van der Waals surface area contributed by atoms with E-state index >= 15 is 0 Å². The van der Waals surface area contributed by atoms with Gasteiger partial charge in [-0.05, 0) is 44.7 Å². The molecule has 5 rings (SSSR count). The molecule has 0 bridgehead atoms. The fourth-order valence-electron chi connectivity index (χ4n) is 4.59. The number of anilines is 2. The molecule has 156 valence electrons. The fraction of sp³-hybridized carbons (Fsp3) is 0.478. The summed E-state index contributed by atoms with van der Waals surface area (Å²) in [4.78, 5) is 29.0. The lowest BCUT2D eigenvalue weighted by Crippen LogP contribution is -2.38. The van der Waals surface area contributed by atoms with Gasteiger partial charge in [-0.25, -0.2) is 15.0 Å². The summed E-state index contributed by atoms with van der Waals surface area (Å²) < 4.78 is 2.27. The molecule has 3 aromatic rings. The highest BCUT2D eigenvalue weighted by molar-refractivity contribution is 5.93. The maximum atomic E-state index is 12.7. The first kappa shape index (κ1) is 19.0. The van der Waals surface area contributed by atoms with Gasteiger partial charge in [-0.1, -0.05) is 24.1 Å². The number of aryl methyl sites for hydroxylation is 3. The number of rotatable bonds is 3. The van der Waals surface area contributed by atoms with Crippen LogP contribution in [0.2, 0.25) is 0 Å². The van der Waals surface area contributed by atoms with E-state index in [0.717, 1.165) is 67.4 Å². The molecule has 0 unspecified atom stereocenters. The van der Waals surface area contributed by atoms with Crippen molar-refractivity contribution in [2.45, 2.75) is 52.0 Å². The molecule has 2 aliphatic rings. The van der Waals surface area contributed by atoms with E-state index in [9.17, 15) is 4.79 Å². The van der Waals surface area contributed by atoms with Crippen LogP contribution in [0.1, 0.15) is 43.5 Å². The third-order valence-corrected chi connectivity index (χ3v) is 6.36. The highest BCUT2D eigenvalue weighted by Gasteiger charge is 2.28. The Bertz CT molecular complexity index is 1050. The lowest BCUT2D eigenvalue weighted by molar-refractivity contribution is -0.120. The second-order valence-corrected chi connectivity index (χ2v) is 8.48. The van der Waals surface area contributed by atoms with E-state index in [2.05, 4.69) is 24.8 Å². The monoisotopic (exact) mass is 404 g/mol. The number of nitrogens with one attached hydrogen (secondary N) is 1. The van der Waals surface area contributed by atoms with Crippen LogP contribution in [0.15, 0.2) is 30.6 Å². The van der Waals surface area contributed by atoms with Gasteiger partial charge in [0.1, 0.15) is 12.2 Å². The predicted octanol–water partition coefficient (Wildman–Crippen LogP) is 3.72. The summed E-state index contributed by atoms with van der Waals surface area (Å²) in [5.74, 6) is 2.19. The standard InChI is InChI=1S/C23H28N6O/c1-16-6-8-18(9-7-16)26-23(30)17-10-13-28(14-11-17)21-20-22(25-15-24-21)29-12-4-2-3-5-19(29)27-20/h6-9,15,17H,2-5,10-14H2,1H3,(H,26,30). The second-order valence-electron chi connectivity index (χ2n) is 8.48. The third kappa shape index (κ3) is 3.64. The Kier molecular flexibility index (Phi) is 5.11. The van der Waals surface area contributed by atoms with E-state index in [0.29, 0.717) is 0 Å². The Balaban J connectivity index is 1.29. The van der Waals surface area contributed by atoms with Crippen LogP contribution in [0.5, 0.6) is 0 Å². The van der Waals surface area contributed by atoms with Gasteiger partial charge in [0, 0.05) is 37.7 Å². The van der Waals surface area contributed by atoms with Crippen LogP contribution < -0.4 is 10.2 Å². The van der Waals surface area contributed by atoms with E-state index in [1.807, 2.05) is 31.2 Å². The van der Waals surface area contributed by atoms with Crippen molar-refractivity contribution >= 4 is 28.6 Å². The zero-order valence-electron chi connectivity index (χ0n) is 17.5. The number of carbonyl (C=O) groups excluding carboxylic acids is 1. The van der Waals surface area contributed by atoms with Crippen LogP contribution in [0.4, 0.5) is 11.5 Å². The summed E-state index contributed by atoms with van der Waals surface area (Å²) >= 11 is 0. The smallest absolute Gasteiger partial charge is 0.227 e. The van der Waals surface area contributed by atoms with Gasteiger partial charge in [-0.15, -0.1) is 0 Å². The lowest BCUT2D eigenvalue weighted by Gasteiger charge is -2.32. The van der Waals surface area contributed by atoms with Crippen molar-refractivity contribution in [3.63, 3.8) is 0 Å². The minimum absolute atomic E-state index is 0.0265. The summed E-state index contributed by atoms with van der Waals surface area (Å²) in [7, 11) is 0. The van der Waals surface area contributed by atoms with Crippen LogP contribution in [0, 0.1) is 12.8 Å². The van der Waals surface area contributed by atoms with Gasteiger partial charge >= 0.3 is 0 Å². The summed E-state index contributed by atoms with van der Waals surface area (Å²) in [5.41, 5.74) is 3.92. The molecule has 0 aliphatic carbocycles. The molecule has 1 fully saturated rings. The van der Waals surface area contributed by atoms with Crippen molar-refractivity contribution < 1.29 is 4.79 Å². The molecule has 2 aliphatic heterocycles. The van der Waals surface area contributed by atoms with Gasteiger partial charge in [0.15, 0.2) is 17.0 Å². The number of benzene rings is 1. The van der Waals surface area contributed by atoms with E-state index in [1.165, 1.54) is 24.8 Å². The molecular formula is C23H28N6O. The molecule has 2 aromatic heterocycles. The molecule has 0 spiro atoms. The normalized spacial score (nSPS) is 17.6. The van der Waals surface area contributed by atoms with Crippen LogP contribution in [0.25, 0.3) is 11.2 Å². The minimum atomic E-state index is 0.0265. The third-order valence-electron chi connectivity index (χ3n) is 6.36. The molecule has 1 amide bonds. The molecule has 0 radical (unpaired) electrons. The van der Waals surface area contributed by atoms with Crippen molar-refractivity contribution in [2.75, 3.05) is 23.3 Å². The summed E-state index contributed by atoms with van der Waals surface area (Å²) in [6.45, 7) is 4.65. The Morgan fingerprint density at radius 3 is 2.63 bits per heavy atom. The number of fused-ring (bicyclic) bond motifs is 3. The number of imidazole rings is 1. The lowest BCUT2D eigenvalue weighted by atomic mass is 9.95. The molecule has 0 saturated carbocycles.